The van der Waals surface area contributed by atoms with E-state index in [1.165, 1.54) is 0 Å². The molecule has 122 valence electrons. The van der Waals surface area contributed by atoms with Gasteiger partial charge in [-0.1, -0.05) is 6.07 Å². The standard InChI is InChI=1S/C8H11NO.C2H6O5S.O2S/c1-6-3-4-8(10-2)7(9)5-6;3-1-2-7-8(4,5)6;1-3-2/h3-5H,9H2,1-2H3;3H,1-2H2,(H,4,5,6);. The number of nitrogens with two attached hydrogens (primary N) is 1. The second-order valence-corrected chi connectivity index (χ2v) is 4.51. The highest BCUT2D eigenvalue weighted by Crippen LogP contribution is 2.20. The number of aliphatic hydroxyl groups excluding tert-OH is 1. The van der Waals surface area contributed by atoms with Gasteiger partial charge in [-0.05, 0) is 24.6 Å². The number of aliphatic hydroxyl groups is 1. The molecule has 0 aliphatic carbocycles. The van der Waals surface area contributed by atoms with Crippen LogP contribution in [-0.4, -0.2) is 46.8 Å². The lowest BCUT2D eigenvalue weighted by molar-refractivity contribution is 0.188. The molecule has 0 aliphatic heterocycles. The Labute approximate surface area is 126 Å². The molecular formula is C10H17NO8S2. The number of ether oxygens (including phenoxy) is 1. The predicted octanol–water partition coefficient (Wildman–Crippen LogP) is -0.286. The summed E-state index contributed by atoms with van der Waals surface area (Å²) in [7, 11) is -2.73. The van der Waals surface area contributed by atoms with Crippen LogP contribution in [0.25, 0.3) is 0 Å². The largest absolute Gasteiger partial charge is 0.495 e. The van der Waals surface area contributed by atoms with Gasteiger partial charge < -0.3 is 15.6 Å². The molecule has 0 bridgehead atoms. The fourth-order valence-electron chi connectivity index (χ4n) is 0.996. The molecule has 0 fully saturated rings. The molecule has 0 heterocycles. The minimum atomic E-state index is -4.35. The van der Waals surface area contributed by atoms with Crippen molar-refractivity contribution in [3.8, 4) is 5.75 Å². The van der Waals surface area contributed by atoms with E-state index in [1.54, 1.807) is 7.11 Å². The monoisotopic (exact) mass is 343 g/mol. The average molecular weight is 343 g/mol. The summed E-state index contributed by atoms with van der Waals surface area (Å²) in [5.74, 6) is 0.741. The Morgan fingerprint density at radius 3 is 2.14 bits per heavy atom. The van der Waals surface area contributed by atoms with Crippen molar-refractivity contribution in [2.75, 3.05) is 26.1 Å². The Bertz CT molecular complexity index is 540. The summed E-state index contributed by atoms with van der Waals surface area (Å²) in [6.07, 6.45) is 0. The smallest absolute Gasteiger partial charge is 0.397 e. The number of hydrogen-bond acceptors (Lipinski definition) is 8. The fourth-order valence-corrected chi connectivity index (χ4v) is 1.28. The first-order chi connectivity index (χ1) is 9.71. The third-order valence-electron chi connectivity index (χ3n) is 1.71. The van der Waals surface area contributed by atoms with Gasteiger partial charge in [0.15, 0.2) is 0 Å². The first-order valence-electron chi connectivity index (χ1n) is 5.26. The molecule has 11 heteroatoms. The van der Waals surface area contributed by atoms with Crippen molar-refractivity contribution < 1.29 is 35.4 Å². The van der Waals surface area contributed by atoms with Crippen molar-refractivity contribution in [1.29, 1.82) is 0 Å². The molecule has 0 unspecified atom stereocenters. The molecule has 1 aromatic rings. The molecule has 0 saturated carbocycles. The van der Waals surface area contributed by atoms with E-state index in [0.717, 1.165) is 11.3 Å². The van der Waals surface area contributed by atoms with E-state index >= 15 is 0 Å². The maximum Gasteiger partial charge on any atom is 0.397 e. The summed E-state index contributed by atoms with van der Waals surface area (Å²) in [6.45, 7) is 1.16. The molecule has 9 nitrogen and oxygen atoms in total. The highest BCUT2D eigenvalue weighted by atomic mass is 32.3. The van der Waals surface area contributed by atoms with E-state index in [2.05, 4.69) is 4.18 Å². The predicted molar refractivity (Wildman–Crippen MR) is 75.6 cm³/mol. The third-order valence-corrected chi connectivity index (χ3v) is 2.17. The third kappa shape index (κ3) is 14.7. The van der Waals surface area contributed by atoms with Gasteiger partial charge >= 0.3 is 22.0 Å². The first kappa shape index (κ1) is 21.8. The van der Waals surface area contributed by atoms with Gasteiger partial charge in [-0.25, -0.2) is 4.18 Å². The molecule has 0 aliphatic rings. The van der Waals surface area contributed by atoms with E-state index in [9.17, 15) is 8.42 Å². The summed E-state index contributed by atoms with van der Waals surface area (Å²) in [5, 5.41) is 7.93. The van der Waals surface area contributed by atoms with Gasteiger partial charge in [-0.15, -0.1) is 0 Å². The molecule has 1 rings (SSSR count). The van der Waals surface area contributed by atoms with Crippen LogP contribution in [0.3, 0.4) is 0 Å². The summed E-state index contributed by atoms with van der Waals surface area (Å²) in [6, 6.07) is 5.72. The minimum Gasteiger partial charge on any atom is -0.495 e. The molecule has 0 saturated heterocycles. The van der Waals surface area contributed by atoms with Crippen molar-refractivity contribution in [3.05, 3.63) is 23.8 Å². The maximum absolute atomic E-state index is 9.61. The maximum atomic E-state index is 9.61. The van der Waals surface area contributed by atoms with E-state index in [1.807, 2.05) is 25.1 Å². The molecule has 0 spiro atoms. The zero-order valence-corrected chi connectivity index (χ0v) is 13.0. The number of aryl methyl sites for hydroxylation is 1. The summed E-state index contributed by atoms with van der Waals surface area (Å²) in [4.78, 5) is 0. The summed E-state index contributed by atoms with van der Waals surface area (Å²) in [5.41, 5.74) is 7.45. The quantitative estimate of drug-likeness (QED) is 0.494. The number of benzene rings is 1. The Balaban J connectivity index is 0. The molecule has 1 aromatic carbocycles. The van der Waals surface area contributed by atoms with Crippen molar-refractivity contribution in [3.63, 3.8) is 0 Å². The van der Waals surface area contributed by atoms with Crippen LogP contribution in [0.1, 0.15) is 5.56 Å². The Morgan fingerprint density at radius 2 is 1.86 bits per heavy atom. The Kier molecular flexibility index (Phi) is 12.7. The van der Waals surface area contributed by atoms with Gasteiger partial charge in [0.1, 0.15) is 5.75 Å². The van der Waals surface area contributed by atoms with E-state index in [-0.39, 0.29) is 0 Å². The molecule has 4 N–H and O–H groups in total. The number of hydrogen-bond donors (Lipinski definition) is 3. The highest BCUT2D eigenvalue weighted by molar-refractivity contribution is 7.80. The summed E-state index contributed by atoms with van der Waals surface area (Å²) < 4.78 is 52.2. The van der Waals surface area contributed by atoms with Crippen LogP contribution in [-0.2, 0) is 26.2 Å². The molecule has 21 heavy (non-hydrogen) atoms. The van der Waals surface area contributed by atoms with E-state index in [0.29, 0.717) is 5.69 Å². The van der Waals surface area contributed by atoms with E-state index in [4.69, 9.17) is 28.5 Å². The van der Waals surface area contributed by atoms with Crippen LogP contribution in [0.2, 0.25) is 0 Å². The van der Waals surface area contributed by atoms with Gasteiger partial charge in [0.25, 0.3) is 0 Å². The van der Waals surface area contributed by atoms with Crippen molar-refractivity contribution >= 4 is 27.7 Å². The first-order valence-corrected chi connectivity index (χ1v) is 7.29. The molecule has 0 amide bonds. The van der Waals surface area contributed by atoms with Crippen molar-refractivity contribution in [2.24, 2.45) is 0 Å². The lowest BCUT2D eigenvalue weighted by Gasteiger charge is -2.03. The van der Waals surface area contributed by atoms with Gasteiger partial charge in [-0.3, -0.25) is 4.55 Å². The Hall–Kier alpha value is -1.53. The fraction of sp³-hybridized carbons (Fsp3) is 0.400. The number of nitrogen functional groups attached to an aromatic ring is 1. The average Bonchev–Trinajstić information content (AvgIpc) is 2.37. The van der Waals surface area contributed by atoms with Crippen molar-refractivity contribution in [1.82, 2.24) is 0 Å². The second-order valence-electron chi connectivity index (χ2n) is 3.29. The van der Waals surface area contributed by atoms with Gasteiger partial charge in [0.2, 0.25) is 0 Å². The SMILES string of the molecule is COc1ccc(C)cc1N.O=S(=O)(O)OCCO.O=S=O. The number of methoxy groups -OCH3 is 1. The zero-order chi connectivity index (χ0) is 16.9. The zero-order valence-electron chi connectivity index (χ0n) is 11.4. The number of anilines is 1. The van der Waals surface area contributed by atoms with Gasteiger partial charge in [0.05, 0.1) is 26.0 Å². The summed E-state index contributed by atoms with van der Waals surface area (Å²) >= 11 is -0.750. The van der Waals surface area contributed by atoms with Gasteiger partial charge in [-0.2, -0.15) is 16.8 Å². The number of rotatable bonds is 4. The van der Waals surface area contributed by atoms with Crippen LogP contribution in [0.5, 0.6) is 5.75 Å². The minimum absolute atomic E-state index is 0.404. The second kappa shape index (κ2) is 12.2. The molecular weight excluding hydrogens is 326 g/mol. The lowest BCUT2D eigenvalue weighted by Crippen LogP contribution is -2.06. The van der Waals surface area contributed by atoms with Gasteiger partial charge in [0, 0.05) is 0 Å². The normalized spacial score (nSPS) is 9.52. The van der Waals surface area contributed by atoms with Crippen LogP contribution in [0.4, 0.5) is 5.69 Å². The molecule has 0 radical (unpaired) electrons. The molecule has 0 aromatic heterocycles. The van der Waals surface area contributed by atoms with E-state index < -0.39 is 35.2 Å². The van der Waals surface area contributed by atoms with Crippen LogP contribution in [0.15, 0.2) is 18.2 Å². The lowest BCUT2D eigenvalue weighted by atomic mass is 10.2. The van der Waals surface area contributed by atoms with Crippen LogP contribution in [0, 0.1) is 6.92 Å². The topological polar surface area (TPSA) is 153 Å². The van der Waals surface area contributed by atoms with Crippen molar-refractivity contribution in [2.45, 2.75) is 6.92 Å². The highest BCUT2D eigenvalue weighted by Gasteiger charge is 2.00. The Morgan fingerprint density at radius 1 is 1.33 bits per heavy atom. The molecule has 0 atom stereocenters. The van der Waals surface area contributed by atoms with Crippen LogP contribution >= 0.6 is 0 Å². The van der Waals surface area contributed by atoms with Crippen LogP contribution < -0.4 is 10.5 Å².